The number of aromatic carboxylic acids is 1. The molecule has 0 saturated heterocycles. The van der Waals surface area contributed by atoms with E-state index in [1.165, 1.54) is 25.1 Å². The molecule has 4 unspecified atom stereocenters. The molecule has 8 nitrogen and oxygen atoms in total. The van der Waals surface area contributed by atoms with Crippen LogP contribution in [0.4, 0.5) is 11.4 Å². The highest BCUT2D eigenvalue weighted by Crippen LogP contribution is 2.47. The molecule has 4 N–H and O–H groups in total. The fraction of sp³-hybridized carbons (Fsp3) is 0.267. The molecular weight excluding hydrogens is 484 g/mol. The first-order chi connectivity index (χ1) is 18.0. The van der Waals surface area contributed by atoms with Gasteiger partial charge in [0.1, 0.15) is 11.7 Å². The van der Waals surface area contributed by atoms with Crippen LogP contribution in [0, 0.1) is 25.7 Å². The van der Waals surface area contributed by atoms with Crippen LogP contribution in [0.3, 0.4) is 0 Å². The van der Waals surface area contributed by atoms with E-state index in [2.05, 4.69) is 10.6 Å². The summed E-state index contributed by atoms with van der Waals surface area (Å²) in [5.74, 6) is -7.10. The van der Waals surface area contributed by atoms with Gasteiger partial charge >= 0.3 is 5.97 Å². The van der Waals surface area contributed by atoms with E-state index in [-0.39, 0.29) is 11.1 Å². The van der Waals surface area contributed by atoms with Crippen molar-refractivity contribution in [2.45, 2.75) is 38.7 Å². The third kappa shape index (κ3) is 5.21. The molecule has 4 atom stereocenters. The van der Waals surface area contributed by atoms with E-state index in [0.29, 0.717) is 11.4 Å². The van der Waals surface area contributed by atoms with Crippen molar-refractivity contribution in [3.63, 3.8) is 0 Å². The number of carbonyl (C=O) groups excluding carboxylic acids is 3. The SMILES string of the molecule is Cc1ccccc1NC(=O)C1C(=O)CC(C)(O)C(C(=O)Nc2ccccc2C)C1c1ccccc1C(=O)O. The molecule has 1 aliphatic carbocycles. The molecule has 3 aromatic rings. The van der Waals surface area contributed by atoms with E-state index in [0.717, 1.165) is 11.1 Å². The monoisotopic (exact) mass is 514 g/mol. The normalized spacial score (nSPS) is 22.9. The van der Waals surface area contributed by atoms with Gasteiger partial charge in [0.15, 0.2) is 0 Å². The summed E-state index contributed by atoms with van der Waals surface area (Å²) in [6, 6.07) is 20.1. The standard InChI is InChI=1S/C30H30N2O6/c1-17-10-4-8-14-21(17)31-27(34)25-23(33)16-30(3,38)26(28(35)32-22-15-9-5-11-18(22)2)24(25)19-12-6-7-13-20(19)29(36)37/h4-15,24-26,38H,16H2,1-3H3,(H,31,34)(H,32,35)(H,36,37). The van der Waals surface area contributed by atoms with Gasteiger partial charge in [-0.1, -0.05) is 54.6 Å². The number of carboxylic acids is 1. The van der Waals surface area contributed by atoms with Gasteiger partial charge in [-0.2, -0.15) is 0 Å². The lowest BCUT2D eigenvalue weighted by molar-refractivity contribution is -0.150. The van der Waals surface area contributed by atoms with Crippen LogP contribution in [0.5, 0.6) is 0 Å². The number of para-hydroxylation sites is 2. The van der Waals surface area contributed by atoms with E-state index in [4.69, 9.17) is 0 Å². The van der Waals surface area contributed by atoms with E-state index in [1.54, 1.807) is 43.3 Å². The number of aliphatic hydroxyl groups is 1. The highest BCUT2D eigenvalue weighted by atomic mass is 16.4. The molecule has 1 saturated carbocycles. The van der Waals surface area contributed by atoms with Crippen molar-refractivity contribution in [3.05, 3.63) is 95.1 Å². The maximum atomic E-state index is 13.8. The number of benzene rings is 3. The Balaban J connectivity index is 1.85. The first kappa shape index (κ1) is 26.8. The molecule has 0 heterocycles. The molecule has 1 fully saturated rings. The van der Waals surface area contributed by atoms with Crippen molar-refractivity contribution in [1.29, 1.82) is 0 Å². The van der Waals surface area contributed by atoms with Crippen molar-refractivity contribution in [2.24, 2.45) is 11.8 Å². The van der Waals surface area contributed by atoms with Crippen molar-refractivity contribution in [1.82, 2.24) is 0 Å². The maximum absolute atomic E-state index is 13.8. The molecule has 0 bridgehead atoms. The Bertz CT molecular complexity index is 1410. The van der Waals surface area contributed by atoms with Crippen LogP contribution >= 0.6 is 0 Å². The van der Waals surface area contributed by atoms with Crippen LogP contribution in [0.1, 0.15) is 46.3 Å². The Hall–Kier alpha value is -4.30. The van der Waals surface area contributed by atoms with Crippen molar-refractivity contribution in [3.8, 4) is 0 Å². The molecule has 0 aromatic heterocycles. The van der Waals surface area contributed by atoms with E-state index in [1.807, 2.05) is 25.1 Å². The van der Waals surface area contributed by atoms with E-state index >= 15 is 0 Å². The number of anilines is 2. The van der Waals surface area contributed by atoms with Gasteiger partial charge in [-0.3, -0.25) is 14.4 Å². The van der Waals surface area contributed by atoms with Crippen LogP contribution in [0.25, 0.3) is 0 Å². The second kappa shape index (κ2) is 10.6. The molecule has 4 rings (SSSR count). The molecule has 0 radical (unpaired) electrons. The number of carboxylic acid groups (broad SMARTS) is 1. The summed E-state index contributed by atoms with van der Waals surface area (Å²) in [6.45, 7) is 4.99. The Morgan fingerprint density at radius 1 is 0.816 bits per heavy atom. The molecule has 38 heavy (non-hydrogen) atoms. The lowest BCUT2D eigenvalue weighted by Crippen LogP contribution is -2.56. The zero-order valence-electron chi connectivity index (χ0n) is 21.4. The highest BCUT2D eigenvalue weighted by molar-refractivity contribution is 6.11. The fourth-order valence-corrected chi connectivity index (χ4v) is 5.30. The summed E-state index contributed by atoms with van der Waals surface area (Å²) in [5.41, 5.74) is 0.689. The number of amides is 2. The number of carbonyl (C=O) groups is 4. The molecule has 1 aliphatic rings. The minimum atomic E-state index is -1.85. The smallest absolute Gasteiger partial charge is 0.335 e. The highest BCUT2D eigenvalue weighted by Gasteiger charge is 2.56. The van der Waals surface area contributed by atoms with Gasteiger partial charge in [0.2, 0.25) is 11.8 Å². The Morgan fingerprint density at radius 2 is 1.32 bits per heavy atom. The van der Waals surface area contributed by atoms with E-state index in [9.17, 15) is 29.4 Å². The molecule has 3 aromatic carbocycles. The minimum absolute atomic E-state index is 0.128. The third-order valence-electron chi connectivity index (χ3n) is 7.19. The summed E-state index contributed by atoms with van der Waals surface area (Å²) >= 11 is 0. The van der Waals surface area contributed by atoms with Gasteiger partial charge in [-0.05, 0) is 55.7 Å². The lowest BCUT2D eigenvalue weighted by atomic mass is 9.60. The van der Waals surface area contributed by atoms with Gasteiger partial charge < -0.3 is 20.8 Å². The van der Waals surface area contributed by atoms with Crippen LogP contribution in [-0.2, 0) is 14.4 Å². The number of ketones is 1. The average molecular weight is 515 g/mol. The van der Waals surface area contributed by atoms with Crippen LogP contribution in [-0.4, -0.2) is 39.4 Å². The predicted molar refractivity (Wildman–Crippen MR) is 143 cm³/mol. The molecule has 0 aliphatic heterocycles. The maximum Gasteiger partial charge on any atom is 0.335 e. The third-order valence-corrected chi connectivity index (χ3v) is 7.19. The fourth-order valence-electron chi connectivity index (χ4n) is 5.30. The summed E-state index contributed by atoms with van der Waals surface area (Å²) in [7, 11) is 0. The van der Waals surface area contributed by atoms with Gasteiger partial charge in [0.05, 0.1) is 17.1 Å². The summed E-state index contributed by atoms with van der Waals surface area (Å²) in [5, 5.41) is 27.0. The first-order valence-corrected chi connectivity index (χ1v) is 12.3. The Kier molecular flexibility index (Phi) is 7.46. The largest absolute Gasteiger partial charge is 0.478 e. The van der Waals surface area contributed by atoms with Crippen LogP contribution in [0.2, 0.25) is 0 Å². The van der Waals surface area contributed by atoms with Crippen LogP contribution < -0.4 is 10.6 Å². The summed E-state index contributed by atoms with van der Waals surface area (Å²) in [4.78, 5) is 53.2. The van der Waals surface area contributed by atoms with Crippen molar-refractivity contribution >= 4 is 34.9 Å². The van der Waals surface area contributed by atoms with Crippen LogP contribution in [0.15, 0.2) is 72.8 Å². The second-order valence-electron chi connectivity index (χ2n) is 9.98. The molecular formula is C30H30N2O6. The first-order valence-electron chi connectivity index (χ1n) is 12.3. The zero-order chi connectivity index (χ0) is 27.6. The number of hydrogen-bond acceptors (Lipinski definition) is 5. The summed E-state index contributed by atoms with van der Waals surface area (Å²) in [6.07, 6.45) is -0.448. The average Bonchev–Trinajstić information content (AvgIpc) is 2.85. The second-order valence-corrected chi connectivity index (χ2v) is 9.98. The van der Waals surface area contributed by atoms with Gasteiger partial charge in [-0.25, -0.2) is 4.79 Å². The number of rotatable bonds is 6. The van der Waals surface area contributed by atoms with Crippen molar-refractivity contribution in [2.75, 3.05) is 10.6 Å². The summed E-state index contributed by atoms with van der Waals surface area (Å²) < 4.78 is 0. The van der Waals surface area contributed by atoms with Gasteiger partial charge in [0.25, 0.3) is 0 Å². The molecule has 196 valence electrons. The number of nitrogens with one attached hydrogen (secondary N) is 2. The Morgan fingerprint density at radius 3 is 1.87 bits per heavy atom. The van der Waals surface area contributed by atoms with Gasteiger partial charge in [0, 0.05) is 23.7 Å². The van der Waals surface area contributed by atoms with Gasteiger partial charge in [-0.15, -0.1) is 0 Å². The number of hydrogen-bond donors (Lipinski definition) is 4. The Labute approximate surface area is 220 Å². The minimum Gasteiger partial charge on any atom is -0.478 e. The van der Waals surface area contributed by atoms with E-state index < -0.39 is 53.3 Å². The predicted octanol–water partition coefficient (Wildman–Crippen LogP) is 4.32. The zero-order valence-corrected chi connectivity index (χ0v) is 21.4. The lowest BCUT2D eigenvalue weighted by Gasteiger charge is -2.44. The molecule has 0 spiro atoms. The number of aryl methyl sites for hydroxylation is 2. The molecule has 2 amide bonds. The quantitative estimate of drug-likeness (QED) is 0.362. The molecule has 8 heteroatoms. The topological polar surface area (TPSA) is 133 Å². The van der Waals surface area contributed by atoms with Crippen molar-refractivity contribution < 1.29 is 29.4 Å². The number of Topliss-reactive ketones (excluding diaryl/α,β-unsaturated/α-hetero) is 1.